The van der Waals surface area contributed by atoms with Gasteiger partial charge in [-0.2, -0.15) is 5.10 Å². The summed E-state index contributed by atoms with van der Waals surface area (Å²) in [5.41, 5.74) is 0.694. The molecule has 1 aliphatic rings. The quantitative estimate of drug-likeness (QED) is 0.260. The van der Waals surface area contributed by atoms with Crippen molar-refractivity contribution < 1.29 is 22.7 Å². The van der Waals surface area contributed by atoms with Crippen LogP contribution in [0, 0.1) is 5.82 Å². The van der Waals surface area contributed by atoms with Crippen molar-refractivity contribution in [2.45, 2.75) is 25.8 Å². The molecule has 1 amide bonds. The van der Waals surface area contributed by atoms with Crippen molar-refractivity contribution in [2.24, 2.45) is 0 Å². The summed E-state index contributed by atoms with van der Waals surface area (Å²) in [6.45, 7) is 5.82. The molecule has 0 spiro atoms. The third-order valence-electron chi connectivity index (χ3n) is 6.80. The lowest BCUT2D eigenvalue weighted by atomic mass is 10.0. The van der Waals surface area contributed by atoms with E-state index in [0.29, 0.717) is 30.0 Å². The predicted molar refractivity (Wildman–Crippen MR) is 147 cm³/mol. The predicted octanol–water partition coefficient (Wildman–Crippen LogP) is 5.27. The van der Waals surface area contributed by atoms with Crippen molar-refractivity contribution in [3.8, 4) is 11.5 Å². The maximum atomic E-state index is 15.5. The molecule has 0 saturated heterocycles. The topological polar surface area (TPSA) is 123 Å². The SMILES string of the molecule is C=CC(=O)N1CC=C(c2ncc3ncnc(Nc4ccc(Oc5ccn6ncnc6c5)c(C(F)F)c4F)c3n2)CC1C. The molecule has 0 fully saturated rings. The second kappa shape index (κ2) is 10.9. The molecule has 212 valence electrons. The minimum atomic E-state index is -3.18. The molecule has 1 unspecified atom stereocenters. The van der Waals surface area contributed by atoms with E-state index in [2.05, 4.69) is 41.9 Å². The zero-order valence-corrected chi connectivity index (χ0v) is 22.1. The van der Waals surface area contributed by atoms with Crippen LogP contribution in [0.2, 0.25) is 0 Å². The molecule has 11 nitrogen and oxygen atoms in total. The van der Waals surface area contributed by atoms with E-state index in [4.69, 9.17) is 4.74 Å². The molecule has 1 aliphatic heterocycles. The number of hydrogen-bond acceptors (Lipinski definition) is 9. The Balaban J connectivity index is 1.31. The lowest BCUT2D eigenvalue weighted by Crippen LogP contribution is -2.40. The van der Waals surface area contributed by atoms with Crippen LogP contribution < -0.4 is 10.1 Å². The van der Waals surface area contributed by atoms with Gasteiger partial charge in [0.2, 0.25) is 5.91 Å². The highest BCUT2D eigenvalue weighted by atomic mass is 19.3. The number of nitrogens with zero attached hydrogens (tertiary/aromatic N) is 8. The van der Waals surface area contributed by atoms with Gasteiger partial charge in [-0.15, -0.1) is 0 Å². The first-order valence-corrected chi connectivity index (χ1v) is 12.8. The molecule has 1 atom stereocenters. The Hall–Kier alpha value is -5.40. The van der Waals surface area contributed by atoms with Gasteiger partial charge in [0.25, 0.3) is 6.43 Å². The first kappa shape index (κ1) is 26.8. The Bertz CT molecular complexity index is 1870. The first-order chi connectivity index (χ1) is 20.3. The Morgan fingerprint density at radius 1 is 1.19 bits per heavy atom. The minimum absolute atomic E-state index is 0.0987. The highest BCUT2D eigenvalue weighted by Gasteiger charge is 2.26. The molecular weight excluding hydrogens is 551 g/mol. The molecule has 5 aromatic rings. The second-order valence-corrected chi connectivity index (χ2v) is 9.42. The summed E-state index contributed by atoms with van der Waals surface area (Å²) in [6.07, 6.45) is 6.06. The van der Waals surface area contributed by atoms with Gasteiger partial charge in [-0.1, -0.05) is 12.7 Å². The standard InChI is InChI=1S/C28H22F3N9O2/c1-3-22(41)39-8-6-16(10-15(39)2)27-32-12-19-25(38-27)28(35-13-33-19)37-18-4-5-20(23(24(18)29)26(30)31)42-17-7-9-40-21(11-17)34-14-36-40/h3-7,9,11-15,26H,1,8,10H2,2H3,(H,33,35,37). The zero-order valence-electron chi connectivity index (χ0n) is 22.1. The number of rotatable bonds is 7. The maximum Gasteiger partial charge on any atom is 0.270 e. The van der Waals surface area contributed by atoms with Crippen LogP contribution >= 0.6 is 0 Å². The number of alkyl halides is 2. The summed E-state index contributed by atoms with van der Waals surface area (Å²) in [6, 6.07) is 5.41. The van der Waals surface area contributed by atoms with Crippen LogP contribution in [-0.2, 0) is 4.79 Å². The molecule has 0 saturated carbocycles. The largest absolute Gasteiger partial charge is 0.457 e. The Morgan fingerprint density at radius 3 is 2.83 bits per heavy atom. The van der Waals surface area contributed by atoms with Crippen molar-refractivity contribution in [1.82, 2.24) is 39.4 Å². The number of halogens is 3. The molecule has 1 N–H and O–H groups in total. The molecule has 0 aliphatic carbocycles. The van der Waals surface area contributed by atoms with E-state index in [1.165, 1.54) is 53.7 Å². The van der Waals surface area contributed by atoms with Gasteiger partial charge in [0.15, 0.2) is 23.1 Å². The first-order valence-electron chi connectivity index (χ1n) is 12.8. The lowest BCUT2D eigenvalue weighted by molar-refractivity contribution is -0.127. The average molecular weight is 574 g/mol. The molecule has 0 radical (unpaired) electrons. The number of pyridine rings is 1. The van der Waals surface area contributed by atoms with E-state index >= 15 is 4.39 Å². The van der Waals surface area contributed by atoms with Gasteiger partial charge in [0.1, 0.15) is 35.2 Å². The summed E-state index contributed by atoms with van der Waals surface area (Å²) >= 11 is 0. The van der Waals surface area contributed by atoms with Gasteiger partial charge >= 0.3 is 0 Å². The number of benzene rings is 1. The number of nitrogens with one attached hydrogen (secondary N) is 1. The van der Waals surface area contributed by atoms with Gasteiger partial charge in [0.05, 0.1) is 17.4 Å². The molecule has 1 aromatic carbocycles. The van der Waals surface area contributed by atoms with Crippen molar-refractivity contribution in [3.05, 3.63) is 85.2 Å². The normalized spacial score (nSPS) is 15.2. The van der Waals surface area contributed by atoms with Crippen LogP contribution in [0.5, 0.6) is 11.5 Å². The summed E-state index contributed by atoms with van der Waals surface area (Å²) in [4.78, 5) is 35.2. The van der Waals surface area contributed by atoms with Gasteiger partial charge < -0.3 is 15.0 Å². The van der Waals surface area contributed by atoms with Crippen molar-refractivity contribution in [1.29, 1.82) is 0 Å². The highest BCUT2D eigenvalue weighted by Crippen LogP contribution is 2.39. The van der Waals surface area contributed by atoms with E-state index in [1.54, 1.807) is 11.1 Å². The minimum Gasteiger partial charge on any atom is -0.457 e. The van der Waals surface area contributed by atoms with Gasteiger partial charge in [-0.25, -0.2) is 42.6 Å². The Kier molecular flexibility index (Phi) is 6.94. The number of fused-ring (bicyclic) bond motifs is 2. The fourth-order valence-electron chi connectivity index (χ4n) is 4.69. The van der Waals surface area contributed by atoms with E-state index in [9.17, 15) is 13.6 Å². The van der Waals surface area contributed by atoms with Crippen molar-refractivity contribution in [2.75, 3.05) is 11.9 Å². The van der Waals surface area contributed by atoms with Gasteiger partial charge in [0, 0.05) is 24.8 Å². The third-order valence-corrected chi connectivity index (χ3v) is 6.80. The summed E-state index contributed by atoms with van der Waals surface area (Å²) in [5.74, 6) is -1.05. The molecular formula is C28H22F3N9O2. The fourth-order valence-corrected chi connectivity index (χ4v) is 4.69. The summed E-state index contributed by atoms with van der Waals surface area (Å²) in [5, 5.41) is 6.75. The smallest absolute Gasteiger partial charge is 0.270 e. The average Bonchev–Trinajstić information content (AvgIpc) is 3.46. The number of ether oxygens (including phenoxy) is 1. The third kappa shape index (κ3) is 4.98. The monoisotopic (exact) mass is 573 g/mol. The van der Waals surface area contributed by atoms with Crippen LogP contribution in [0.3, 0.4) is 0 Å². The van der Waals surface area contributed by atoms with Crippen molar-refractivity contribution in [3.63, 3.8) is 0 Å². The fraction of sp³-hybridized carbons (Fsp3) is 0.179. The molecule has 5 heterocycles. The van der Waals surface area contributed by atoms with Crippen LogP contribution in [0.15, 0.2) is 68.0 Å². The lowest BCUT2D eigenvalue weighted by Gasteiger charge is -2.31. The molecule has 14 heteroatoms. The van der Waals surface area contributed by atoms with Crippen LogP contribution in [0.4, 0.5) is 24.7 Å². The number of aromatic nitrogens is 7. The molecule has 4 aromatic heterocycles. The van der Waals surface area contributed by atoms with Gasteiger partial charge in [-0.3, -0.25) is 4.79 Å². The van der Waals surface area contributed by atoms with E-state index in [1.807, 2.05) is 13.0 Å². The van der Waals surface area contributed by atoms with E-state index in [0.717, 1.165) is 5.57 Å². The molecule has 6 rings (SSSR count). The Labute approximate surface area is 236 Å². The molecule has 42 heavy (non-hydrogen) atoms. The summed E-state index contributed by atoms with van der Waals surface area (Å²) < 4.78 is 50.8. The zero-order chi connectivity index (χ0) is 29.4. The van der Waals surface area contributed by atoms with Crippen LogP contribution in [0.25, 0.3) is 22.3 Å². The number of carbonyl (C=O) groups excluding carboxylic acids is 1. The summed E-state index contributed by atoms with van der Waals surface area (Å²) in [7, 11) is 0. The second-order valence-electron chi connectivity index (χ2n) is 9.42. The number of amides is 1. The maximum absolute atomic E-state index is 15.5. The van der Waals surface area contributed by atoms with E-state index < -0.39 is 17.8 Å². The van der Waals surface area contributed by atoms with Gasteiger partial charge in [-0.05, 0) is 43.2 Å². The highest BCUT2D eigenvalue weighted by molar-refractivity contribution is 5.89. The van der Waals surface area contributed by atoms with Crippen LogP contribution in [-0.4, -0.2) is 57.9 Å². The number of carbonyl (C=O) groups is 1. The molecule has 0 bridgehead atoms. The van der Waals surface area contributed by atoms with Crippen LogP contribution in [0.1, 0.15) is 31.2 Å². The van der Waals surface area contributed by atoms with E-state index in [-0.39, 0.29) is 40.5 Å². The van der Waals surface area contributed by atoms with Crippen molar-refractivity contribution >= 4 is 39.7 Å². The Morgan fingerprint density at radius 2 is 2.05 bits per heavy atom. The number of anilines is 2. The number of hydrogen-bond donors (Lipinski definition) is 1.